The SMILES string of the molecule is Cc1ccc(NCCCO)c([N+](=O)[O-])c1. The van der Waals surface area contributed by atoms with E-state index in [1.807, 2.05) is 13.0 Å². The van der Waals surface area contributed by atoms with Crippen LogP contribution in [0.1, 0.15) is 12.0 Å². The zero-order valence-electron chi connectivity index (χ0n) is 8.56. The predicted octanol–water partition coefficient (Wildman–Crippen LogP) is 1.70. The number of nitrogens with zero attached hydrogens (tertiary/aromatic N) is 1. The maximum absolute atomic E-state index is 10.7. The average molecular weight is 210 g/mol. The Hall–Kier alpha value is -1.62. The van der Waals surface area contributed by atoms with Crippen molar-refractivity contribution >= 4 is 11.4 Å². The van der Waals surface area contributed by atoms with Gasteiger partial charge >= 0.3 is 0 Å². The molecule has 0 radical (unpaired) electrons. The van der Waals surface area contributed by atoms with Crippen LogP contribution < -0.4 is 5.32 Å². The van der Waals surface area contributed by atoms with Gasteiger partial charge in [0.1, 0.15) is 5.69 Å². The minimum absolute atomic E-state index is 0.0761. The van der Waals surface area contributed by atoms with E-state index in [-0.39, 0.29) is 12.3 Å². The fourth-order valence-electron chi connectivity index (χ4n) is 1.24. The molecule has 0 atom stereocenters. The van der Waals surface area contributed by atoms with Crippen LogP contribution in [0.4, 0.5) is 11.4 Å². The van der Waals surface area contributed by atoms with E-state index in [0.29, 0.717) is 18.7 Å². The summed E-state index contributed by atoms with van der Waals surface area (Å²) in [6.45, 7) is 2.41. The van der Waals surface area contributed by atoms with Crippen molar-refractivity contribution in [1.82, 2.24) is 0 Å². The van der Waals surface area contributed by atoms with Crippen LogP contribution in [-0.2, 0) is 0 Å². The van der Waals surface area contributed by atoms with Gasteiger partial charge in [0.25, 0.3) is 5.69 Å². The largest absolute Gasteiger partial charge is 0.396 e. The molecule has 0 spiro atoms. The fourth-order valence-corrected chi connectivity index (χ4v) is 1.24. The molecule has 1 aromatic rings. The van der Waals surface area contributed by atoms with E-state index < -0.39 is 4.92 Å². The molecule has 0 saturated heterocycles. The number of hydrogen-bond donors (Lipinski definition) is 2. The molecule has 0 heterocycles. The summed E-state index contributed by atoms with van der Waals surface area (Å²) < 4.78 is 0. The van der Waals surface area contributed by atoms with Crippen LogP contribution in [0.5, 0.6) is 0 Å². The van der Waals surface area contributed by atoms with Crippen LogP contribution in [0, 0.1) is 17.0 Å². The monoisotopic (exact) mass is 210 g/mol. The Morgan fingerprint density at radius 3 is 2.87 bits per heavy atom. The number of hydrogen-bond acceptors (Lipinski definition) is 4. The zero-order chi connectivity index (χ0) is 11.3. The first-order valence-corrected chi connectivity index (χ1v) is 4.75. The molecule has 82 valence electrons. The fraction of sp³-hybridized carbons (Fsp3) is 0.400. The van der Waals surface area contributed by atoms with Gasteiger partial charge in [0.2, 0.25) is 0 Å². The molecule has 0 aliphatic rings. The van der Waals surface area contributed by atoms with Gasteiger partial charge in [0.05, 0.1) is 4.92 Å². The van der Waals surface area contributed by atoms with Gasteiger partial charge in [-0.2, -0.15) is 0 Å². The van der Waals surface area contributed by atoms with Crippen molar-refractivity contribution in [3.63, 3.8) is 0 Å². The highest BCUT2D eigenvalue weighted by Gasteiger charge is 2.12. The predicted molar refractivity (Wildman–Crippen MR) is 58.0 cm³/mol. The summed E-state index contributed by atoms with van der Waals surface area (Å²) in [5.74, 6) is 0. The van der Waals surface area contributed by atoms with Gasteiger partial charge in [-0.3, -0.25) is 10.1 Å². The molecule has 15 heavy (non-hydrogen) atoms. The van der Waals surface area contributed by atoms with E-state index in [1.165, 1.54) is 6.07 Å². The zero-order valence-corrected chi connectivity index (χ0v) is 8.56. The molecule has 2 N–H and O–H groups in total. The number of nitro groups is 1. The molecular weight excluding hydrogens is 196 g/mol. The molecule has 0 fully saturated rings. The smallest absolute Gasteiger partial charge is 0.292 e. The summed E-state index contributed by atoms with van der Waals surface area (Å²) in [6.07, 6.45) is 0.574. The van der Waals surface area contributed by atoms with Crippen LogP contribution in [0.25, 0.3) is 0 Å². The highest BCUT2D eigenvalue weighted by molar-refractivity contribution is 5.62. The molecule has 0 saturated carbocycles. The maximum atomic E-state index is 10.7. The first-order chi connectivity index (χ1) is 7.15. The Morgan fingerprint density at radius 1 is 1.53 bits per heavy atom. The van der Waals surface area contributed by atoms with Crippen molar-refractivity contribution in [2.45, 2.75) is 13.3 Å². The van der Waals surface area contributed by atoms with Crippen LogP contribution in [-0.4, -0.2) is 23.2 Å². The van der Waals surface area contributed by atoms with E-state index >= 15 is 0 Å². The van der Waals surface area contributed by atoms with Gasteiger partial charge < -0.3 is 10.4 Å². The number of aliphatic hydroxyl groups excluding tert-OH is 1. The minimum atomic E-state index is -0.408. The van der Waals surface area contributed by atoms with Crippen LogP contribution in [0.2, 0.25) is 0 Å². The van der Waals surface area contributed by atoms with E-state index in [1.54, 1.807) is 6.07 Å². The number of benzene rings is 1. The van der Waals surface area contributed by atoms with Crippen molar-refractivity contribution in [2.75, 3.05) is 18.5 Å². The Bertz CT molecular complexity index is 353. The Morgan fingerprint density at radius 2 is 2.27 bits per heavy atom. The second kappa shape index (κ2) is 5.31. The highest BCUT2D eigenvalue weighted by atomic mass is 16.6. The summed E-state index contributed by atoms with van der Waals surface area (Å²) in [5, 5.41) is 22.2. The lowest BCUT2D eigenvalue weighted by Gasteiger charge is -2.06. The Balaban J connectivity index is 2.81. The minimum Gasteiger partial charge on any atom is -0.396 e. The lowest BCUT2D eigenvalue weighted by Crippen LogP contribution is -2.05. The van der Waals surface area contributed by atoms with Crippen LogP contribution in [0.15, 0.2) is 18.2 Å². The normalized spacial score (nSPS) is 10.0. The van der Waals surface area contributed by atoms with Gasteiger partial charge in [0.15, 0.2) is 0 Å². The molecule has 1 rings (SSSR count). The molecule has 5 nitrogen and oxygen atoms in total. The number of nitrogens with one attached hydrogen (secondary N) is 1. The first kappa shape index (κ1) is 11.5. The number of anilines is 1. The summed E-state index contributed by atoms with van der Waals surface area (Å²) >= 11 is 0. The standard InChI is InChI=1S/C10H14N2O3/c1-8-3-4-9(11-5-2-6-13)10(7-8)12(14)15/h3-4,7,11,13H,2,5-6H2,1H3. The van der Waals surface area contributed by atoms with E-state index in [0.717, 1.165) is 5.56 Å². The third kappa shape index (κ3) is 3.21. The lowest BCUT2D eigenvalue weighted by atomic mass is 10.2. The summed E-state index contributed by atoms with van der Waals surface area (Å²) in [5.41, 5.74) is 1.43. The van der Waals surface area contributed by atoms with Gasteiger partial charge in [-0.1, -0.05) is 6.07 Å². The second-order valence-corrected chi connectivity index (χ2v) is 3.28. The Labute approximate surface area is 87.9 Å². The highest BCUT2D eigenvalue weighted by Crippen LogP contribution is 2.24. The van der Waals surface area contributed by atoms with E-state index in [9.17, 15) is 10.1 Å². The molecular formula is C10H14N2O3. The molecule has 0 amide bonds. The van der Waals surface area contributed by atoms with Crippen molar-refractivity contribution < 1.29 is 10.0 Å². The number of aryl methyl sites for hydroxylation is 1. The van der Waals surface area contributed by atoms with Crippen molar-refractivity contribution in [1.29, 1.82) is 0 Å². The Kier molecular flexibility index (Phi) is 4.05. The van der Waals surface area contributed by atoms with Crippen molar-refractivity contribution in [3.05, 3.63) is 33.9 Å². The topological polar surface area (TPSA) is 75.4 Å². The van der Waals surface area contributed by atoms with E-state index in [2.05, 4.69) is 5.32 Å². The molecule has 5 heteroatoms. The van der Waals surface area contributed by atoms with Crippen molar-refractivity contribution in [2.24, 2.45) is 0 Å². The molecule has 0 aliphatic carbocycles. The number of rotatable bonds is 5. The quantitative estimate of drug-likeness (QED) is 0.440. The molecule has 0 aliphatic heterocycles. The van der Waals surface area contributed by atoms with Crippen LogP contribution >= 0.6 is 0 Å². The molecule has 0 bridgehead atoms. The molecule has 1 aromatic carbocycles. The van der Waals surface area contributed by atoms with Crippen LogP contribution in [0.3, 0.4) is 0 Å². The van der Waals surface area contributed by atoms with E-state index in [4.69, 9.17) is 5.11 Å². The van der Waals surface area contributed by atoms with Gasteiger partial charge in [-0.15, -0.1) is 0 Å². The molecule has 0 unspecified atom stereocenters. The first-order valence-electron chi connectivity index (χ1n) is 4.75. The third-order valence-corrected chi connectivity index (χ3v) is 2.00. The van der Waals surface area contributed by atoms with Gasteiger partial charge in [-0.25, -0.2) is 0 Å². The number of nitro benzene ring substituents is 1. The summed E-state index contributed by atoms with van der Waals surface area (Å²) in [4.78, 5) is 10.3. The number of aliphatic hydroxyl groups is 1. The van der Waals surface area contributed by atoms with Gasteiger partial charge in [-0.05, 0) is 25.0 Å². The third-order valence-electron chi connectivity index (χ3n) is 2.00. The summed E-state index contributed by atoms with van der Waals surface area (Å²) in [7, 11) is 0. The lowest BCUT2D eigenvalue weighted by molar-refractivity contribution is -0.384. The second-order valence-electron chi connectivity index (χ2n) is 3.28. The maximum Gasteiger partial charge on any atom is 0.292 e. The van der Waals surface area contributed by atoms with Gasteiger partial charge in [0, 0.05) is 19.2 Å². The molecule has 0 aromatic heterocycles. The van der Waals surface area contributed by atoms with Crippen molar-refractivity contribution in [3.8, 4) is 0 Å². The summed E-state index contributed by atoms with van der Waals surface area (Å²) in [6, 6.07) is 5.03. The average Bonchev–Trinajstić information content (AvgIpc) is 2.20.